The van der Waals surface area contributed by atoms with Crippen molar-refractivity contribution in [3.05, 3.63) is 29.6 Å². The topological polar surface area (TPSA) is 62.2 Å². The normalized spacial score (nSPS) is 13.2. The molecule has 1 unspecified atom stereocenters. The molecule has 0 aliphatic heterocycles. The van der Waals surface area contributed by atoms with Gasteiger partial charge in [0.15, 0.2) is 0 Å². The first-order chi connectivity index (χ1) is 7.83. The molecule has 4 nitrogen and oxygen atoms in total. The number of aryl methyl sites for hydroxylation is 1. The molecule has 94 valence electrons. The Kier molecular flexibility index (Phi) is 4.23. The molecule has 2 N–H and O–H groups in total. The number of carbonyl (C=O) groups is 1. The Balaban J connectivity index is 2.66. The van der Waals surface area contributed by atoms with E-state index in [0.29, 0.717) is 0 Å². The number of nitrogens with zero attached hydrogens (tertiary/aromatic N) is 1. The Labute approximate surface area is 102 Å². The number of amides is 1. The van der Waals surface area contributed by atoms with Crippen molar-refractivity contribution < 1.29 is 9.90 Å². The summed E-state index contributed by atoms with van der Waals surface area (Å²) in [6.45, 7) is 7.17. The molecular weight excluding hydrogens is 216 g/mol. The average Bonchev–Trinajstić information content (AvgIpc) is 2.20. The lowest BCUT2D eigenvalue weighted by Crippen LogP contribution is -2.51. The van der Waals surface area contributed by atoms with Crippen LogP contribution in [0.25, 0.3) is 0 Å². The molecule has 0 radical (unpaired) electrons. The van der Waals surface area contributed by atoms with Crippen molar-refractivity contribution in [2.24, 2.45) is 0 Å². The van der Waals surface area contributed by atoms with E-state index in [1.807, 2.05) is 19.1 Å². The van der Waals surface area contributed by atoms with Gasteiger partial charge in [-0.2, -0.15) is 0 Å². The van der Waals surface area contributed by atoms with Crippen molar-refractivity contribution in [3.63, 3.8) is 0 Å². The van der Waals surface area contributed by atoms with Crippen molar-refractivity contribution in [1.82, 2.24) is 10.3 Å². The molecule has 0 aliphatic rings. The van der Waals surface area contributed by atoms with Crippen LogP contribution in [0.3, 0.4) is 0 Å². The largest absolute Gasteiger partial charge is 0.391 e. The van der Waals surface area contributed by atoms with Gasteiger partial charge >= 0.3 is 0 Å². The van der Waals surface area contributed by atoms with E-state index in [1.54, 1.807) is 27.0 Å². The summed E-state index contributed by atoms with van der Waals surface area (Å²) in [6.07, 6.45) is 1.31. The smallest absolute Gasteiger partial charge is 0.226 e. The van der Waals surface area contributed by atoms with E-state index in [9.17, 15) is 9.90 Å². The SMILES string of the molecule is Cc1cccnc1CC(=O)NC(C)(C)C(C)O. The Hall–Kier alpha value is -1.42. The predicted octanol–water partition coefficient (Wildman–Crippen LogP) is 1.21. The Morgan fingerprint density at radius 3 is 2.76 bits per heavy atom. The van der Waals surface area contributed by atoms with Crippen LogP contribution in [0.5, 0.6) is 0 Å². The van der Waals surface area contributed by atoms with Gasteiger partial charge in [-0.15, -0.1) is 0 Å². The van der Waals surface area contributed by atoms with Crippen LogP contribution in [0.1, 0.15) is 32.0 Å². The summed E-state index contributed by atoms with van der Waals surface area (Å²) in [5.74, 6) is -0.127. The highest BCUT2D eigenvalue weighted by atomic mass is 16.3. The fraction of sp³-hybridized carbons (Fsp3) is 0.538. The van der Waals surface area contributed by atoms with Gasteiger partial charge in [-0.3, -0.25) is 9.78 Å². The number of pyridine rings is 1. The summed E-state index contributed by atoms with van der Waals surface area (Å²) >= 11 is 0. The van der Waals surface area contributed by atoms with E-state index in [0.717, 1.165) is 11.3 Å². The number of hydrogen-bond acceptors (Lipinski definition) is 3. The molecule has 0 bridgehead atoms. The third-order valence-electron chi connectivity index (χ3n) is 2.95. The summed E-state index contributed by atoms with van der Waals surface area (Å²) in [4.78, 5) is 16.0. The van der Waals surface area contributed by atoms with Gasteiger partial charge in [0, 0.05) is 6.20 Å². The third-order valence-corrected chi connectivity index (χ3v) is 2.95. The van der Waals surface area contributed by atoms with E-state index in [2.05, 4.69) is 10.3 Å². The Morgan fingerprint density at radius 1 is 1.59 bits per heavy atom. The Morgan fingerprint density at radius 2 is 2.24 bits per heavy atom. The zero-order valence-electron chi connectivity index (χ0n) is 10.8. The maximum atomic E-state index is 11.8. The maximum Gasteiger partial charge on any atom is 0.226 e. The second-order valence-corrected chi connectivity index (χ2v) is 4.89. The molecule has 0 fully saturated rings. The van der Waals surface area contributed by atoms with E-state index < -0.39 is 11.6 Å². The minimum atomic E-state index is -0.625. The monoisotopic (exact) mass is 236 g/mol. The minimum absolute atomic E-state index is 0.127. The van der Waals surface area contributed by atoms with E-state index in [4.69, 9.17) is 0 Å². The second kappa shape index (κ2) is 5.27. The zero-order chi connectivity index (χ0) is 13.1. The van der Waals surface area contributed by atoms with Gasteiger partial charge in [-0.05, 0) is 39.3 Å². The molecule has 0 spiro atoms. The lowest BCUT2D eigenvalue weighted by Gasteiger charge is -2.29. The first-order valence-corrected chi connectivity index (χ1v) is 5.72. The van der Waals surface area contributed by atoms with Crippen LogP contribution >= 0.6 is 0 Å². The average molecular weight is 236 g/mol. The minimum Gasteiger partial charge on any atom is -0.391 e. The van der Waals surface area contributed by atoms with Crippen LogP contribution in [0.15, 0.2) is 18.3 Å². The second-order valence-electron chi connectivity index (χ2n) is 4.89. The number of nitrogens with one attached hydrogen (secondary N) is 1. The molecule has 0 aliphatic carbocycles. The first-order valence-electron chi connectivity index (χ1n) is 5.72. The summed E-state index contributed by atoms with van der Waals surface area (Å²) in [7, 11) is 0. The number of aliphatic hydroxyl groups excluding tert-OH is 1. The van der Waals surface area contributed by atoms with Crippen LogP contribution in [-0.2, 0) is 11.2 Å². The molecule has 1 atom stereocenters. The molecule has 0 saturated heterocycles. The van der Waals surface area contributed by atoms with Gasteiger partial charge in [0.1, 0.15) is 0 Å². The molecular formula is C13H20N2O2. The number of rotatable bonds is 4. The quantitative estimate of drug-likeness (QED) is 0.826. The fourth-order valence-electron chi connectivity index (χ4n) is 1.36. The van der Waals surface area contributed by atoms with Gasteiger partial charge in [-0.1, -0.05) is 6.07 Å². The summed E-state index contributed by atoms with van der Waals surface area (Å²) in [5, 5.41) is 12.3. The molecule has 1 rings (SSSR count). The van der Waals surface area contributed by atoms with Gasteiger partial charge in [0.05, 0.1) is 23.8 Å². The van der Waals surface area contributed by atoms with E-state index in [-0.39, 0.29) is 12.3 Å². The van der Waals surface area contributed by atoms with Gasteiger partial charge < -0.3 is 10.4 Å². The predicted molar refractivity (Wildman–Crippen MR) is 66.6 cm³/mol. The van der Waals surface area contributed by atoms with E-state index >= 15 is 0 Å². The number of carbonyl (C=O) groups excluding carboxylic acids is 1. The van der Waals surface area contributed by atoms with Crippen molar-refractivity contribution in [3.8, 4) is 0 Å². The van der Waals surface area contributed by atoms with Crippen LogP contribution in [0, 0.1) is 6.92 Å². The van der Waals surface area contributed by atoms with E-state index in [1.165, 1.54) is 0 Å². The number of aliphatic hydroxyl groups is 1. The van der Waals surface area contributed by atoms with Crippen molar-refractivity contribution in [1.29, 1.82) is 0 Å². The Bertz CT molecular complexity index is 400. The number of hydrogen-bond donors (Lipinski definition) is 2. The highest BCUT2D eigenvalue weighted by molar-refractivity contribution is 5.79. The summed E-state index contributed by atoms with van der Waals surface area (Å²) in [6, 6.07) is 3.77. The lowest BCUT2D eigenvalue weighted by molar-refractivity contribution is -0.123. The molecule has 0 aromatic carbocycles. The summed E-state index contributed by atoms with van der Waals surface area (Å²) < 4.78 is 0. The van der Waals surface area contributed by atoms with Crippen LogP contribution < -0.4 is 5.32 Å². The molecule has 0 saturated carbocycles. The molecule has 17 heavy (non-hydrogen) atoms. The zero-order valence-corrected chi connectivity index (χ0v) is 10.8. The number of aromatic nitrogens is 1. The van der Waals surface area contributed by atoms with Crippen molar-refractivity contribution in [2.45, 2.75) is 45.8 Å². The van der Waals surface area contributed by atoms with Crippen molar-refractivity contribution in [2.75, 3.05) is 0 Å². The molecule has 1 amide bonds. The molecule has 1 heterocycles. The highest BCUT2D eigenvalue weighted by Crippen LogP contribution is 2.10. The fourth-order valence-corrected chi connectivity index (χ4v) is 1.36. The lowest BCUT2D eigenvalue weighted by atomic mass is 9.98. The molecule has 4 heteroatoms. The molecule has 1 aromatic heterocycles. The summed E-state index contributed by atoms with van der Waals surface area (Å²) in [5.41, 5.74) is 1.14. The van der Waals surface area contributed by atoms with Crippen LogP contribution in [0.2, 0.25) is 0 Å². The van der Waals surface area contributed by atoms with Crippen molar-refractivity contribution >= 4 is 5.91 Å². The highest BCUT2D eigenvalue weighted by Gasteiger charge is 2.26. The van der Waals surface area contributed by atoms with Gasteiger partial charge in [-0.25, -0.2) is 0 Å². The standard InChI is InChI=1S/C13H20N2O2/c1-9-6-5-7-14-11(9)8-12(17)15-13(3,4)10(2)16/h5-7,10,16H,8H2,1-4H3,(H,15,17). The third kappa shape index (κ3) is 3.82. The first kappa shape index (κ1) is 13.6. The van der Waals surface area contributed by atoms with Gasteiger partial charge in [0.25, 0.3) is 0 Å². The van der Waals surface area contributed by atoms with Crippen LogP contribution in [-0.4, -0.2) is 27.6 Å². The van der Waals surface area contributed by atoms with Crippen LogP contribution in [0.4, 0.5) is 0 Å². The molecule has 1 aromatic rings. The van der Waals surface area contributed by atoms with Gasteiger partial charge in [0.2, 0.25) is 5.91 Å². The maximum absolute atomic E-state index is 11.8.